The van der Waals surface area contributed by atoms with Crippen molar-refractivity contribution in [2.75, 3.05) is 11.4 Å². The van der Waals surface area contributed by atoms with E-state index in [2.05, 4.69) is 0 Å². The Balaban J connectivity index is 2.52. The smallest absolute Gasteiger partial charge is 0.323 e. The lowest BCUT2D eigenvalue weighted by Gasteiger charge is -2.42. The van der Waals surface area contributed by atoms with Crippen molar-refractivity contribution >= 4 is 17.6 Å². The molecular weight excluding hydrogens is 246 g/mol. The van der Waals surface area contributed by atoms with Gasteiger partial charge in [0.15, 0.2) is 5.60 Å². The first-order valence-corrected chi connectivity index (χ1v) is 6.18. The van der Waals surface area contributed by atoms with Crippen molar-refractivity contribution in [3.05, 3.63) is 24.3 Å². The van der Waals surface area contributed by atoms with Crippen LogP contribution < -0.4 is 9.64 Å². The molecular formula is C14H17NO4. The lowest BCUT2D eigenvalue weighted by Crippen LogP contribution is -2.58. The van der Waals surface area contributed by atoms with Crippen LogP contribution in [0.4, 0.5) is 5.69 Å². The highest BCUT2D eigenvalue weighted by molar-refractivity contribution is 6.05. The van der Waals surface area contributed by atoms with Gasteiger partial charge >= 0.3 is 5.97 Å². The third-order valence-electron chi connectivity index (χ3n) is 3.54. The van der Waals surface area contributed by atoms with Crippen molar-refractivity contribution < 1.29 is 19.4 Å². The molecule has 1 N–H and O–H groups in total. The van der Waals surface area contributed by atoms with Crippen molar-refractivity contribution in [1.82, 2.24) is 0 Å². The number of nitrogens with zero attached hydrogens (tertiary/aromatic N) is 1. The van der Waals surface area contributed by atoms with Crippen LogP contribution in [-0.2, 0) is 9.59 Å². The molecule has 1 aliphatic heterocycles. The third-order valence-corrected chi connectivity index (χ3v) is 3.54. The van der Waals surface area contributed by atoms with Crippen molar-refractivity contribution in [2.45, 2.75) is 26.4 Å². The van der Waals surface area contributed by atoms with Gasteiger partial charge in [-0.1, -0.05) is 26.0 Å². The minimum Gasteiger partial charge on any atom is -0.480 e. The molecule has 1 unspecified atom stereocenters. The summed E-state index contributed by atoms with van der Waals surface area (Å²) in [6.45, 7) is 5.10. The summed E-state index contributed by atoms with van der Waals surface area (Å²) in [5.41, 5.74) is -0.530. The van der Waals surface area contributed by atoms with E-state index in [0.29, 0.717) is 11.4 Å². The van der Waals surface area contributed by atoms with Gasteiger partial charge in [0.25, 0.3) is 5.91 Å². The predicted octanol–water partition coefficient (Wildman–Crippen LogP) is 1.91. The monoisotopic (exact) mass is 263 g/mol. The Morgan fingerprint density at radius 2 is 2.05 bits per heavy atom. The zero-order valence-electron chi connectivity index (χ0n) is 11.2. The Morgan fingerprint density at radius 1 is 1.42 bits per heavy atom. The molecule has 102 valence electrons. The summed E-state index contributed by atoms with van der Waals surface area (Å²) in [6, 6.07) is 6.99. The van der Waals surface area contributed by atoms with Gasteiger partial charge in [0.2, 0.25) is 0 Å². The van der Waals surface area contributed by atoms with Gasteiger partial charge in [0.1, 0.15) is 12.3 Å². The number of anilines is 1. The van der Waals surface area contributed by atoms with Crippen LogP contribution in [0.15, 0.2) is 24.3 Å². The Bertz CT molecular complexity index is 526. The fourth-order valence-electron chi connectivity index (χ4n) is 2.07. The number of hydrogen-bond donors (Lipinski definition) is 1. The highest BCUT2D eigenvalue weighted by Gasteiger charge is 2.47. The van der Waals surface area contributed by atoms with E-state index in [-0.39, 0.29) is 18.4 Å². The van der Waals surface area contributed by atoms with E-state index in [1.54, 1.807) is 31.2 Å². The molecule has 1 aromatic carbocycles. The van der Waals surface area contributed by atoms with E-state index in [0.717, 1.165) is 0 Å². The Labute approximate surface area is 111 Å². The summed E-state index contributed by atoms with van der Waals surface area (Å²) in [4.78, 5) is 24.8. The van der Waals surface area contributed by atoms with Crippen LogP contribution in [-0.4, -0.2) is 29.1 Å². The Morgan fingerprint density at radius 3 is 2.63 bits per heavy atom. The predicted molar refractivity (Wildman–Crippen MR) is 70.3 cm³/mol. The van der Waals surface area contributed by atoms with Gasteiger partial charge < -0.3 is 9.84 Å². The van der Waals surface area contributed by atoms with E-state index in [9.17, 15) is 9.59 Å². The topological polar surface area (TPSA) is 66.8 Å². The molecule has 2 rings (SSSR count). The Hall–Kier alpha value is -2.04. The quantitative estimate of drug-likeness (QED) is 0.904. The maximum atomic E-state index is 12.5. The van der Waals surface area contributed by atoms with Gasteiger partial charge in [-0.05, 0) is 19.1 Å². The highest BCUT2D eigenvalue weighted by atomic mass is 16.5. The number of ether oxygens (including phenoxy) is 1. The number of carbonyl (C=O) groups is 2. The molecule has 0 spiro atoms. The fraction of sp³-hybridized carbons (Fsp3) is 0.429. The van der Waals surface area contributed by atoms with E-state index >= 15 is 0 Å². The van der Waals surface area contributed by atoms with E-state index in [4.69, 9.17) is 9.84 Å². The number of hydrogen-bond acceptors (Lipinski definition) is 3. The van der Waals surface area contributed by atoms with Crippen LogP contribution in [0, 0.1) is 5.92 Å². The maximum Gasteiger partial charge on any atom is 0.323 e. The van der Waals surface area contributed by atoms with Gasteiger partial charge in [-0.3, -0.25) is 14.5 Å². The molecule has 0 bridgehead atoms. The summed E-state index contributed by atoms with van der Waals surface area (Å²) in [5, 5.41) is 8.98. The summed E-state index contributed by atoms with van der Waals surface area (Å²) in [7, 11) is 0. The number of carboxylic acid groups (broad SMARTS) is 1. The molecule has 5 nitrogen and oxygen atoms in total. The number of amides is 1. The number of fused-ring (bicyclic) bond motifs is 1. The largest absolute Gasteiger partial charge is 0.480 e. The van der Waals surface area contributed by atoms with Crippen LogP contribution in [0.25, 0.3) is 0 Å². The number of rotatable bonds is 3. The number of aliphatic carboxylic acids is 1. The number of benzene rings is 1. The van der Waals surface area contributed by atoms with Crippen molar-refractivity contribution in [3.8, 4) is 5.75 Å². The molecule has 1 aromatic rings. The third kappa shape index (κ3) is 2.16. The molecule has 0 aromatic heterocycles. The minimum atomic E-state index is -1.05. The van der Waals surface area contributed by atoms with E-state index in [1.165, 1.54) is 4.90 Å². The number of carbonyl (C=O) groups excluding carboxylic acids is 1. The van der Waals surface area contributed by atoms with E-state index in [1.807, 2.05) is 13.8 Å². The van der Waals surface area contributed by atoms with Crippen LogP contribution in [0.3, 0.4) is 0 Å². The van der Waals surface area contributed by atoms with Gasteiger partial charge in [-0.15, -0.1) is 0 Å². The first-order chi connectivity index (χ1) is 8.86. The second-order valence-electron chi connectivity index (χ2n) is 5.12. The zero-order valence-corrected chi connectivity index (χ0v) is 11.2. The maximum absolute atomic E-state index is 12.5. The first kappa shape index (κ1) is 13.4. The van der Waals surface area contributed by atoms with Crippen LogP contribution in [0.5, 0.6) is 5.75 Å². The molecule has 5 heteroatoms. The minimum absolute atomic E-state index is 0.0651. The van der Waals surface area contributed by atoms with E-state index < -0.39 is 11.6 Å². The molecule has 0 saturated carbocycles. The number of para-hydroxylation sites is 2. The summed E-state index contributed by atoms with van der Waals surface area (Å²) >= 11 is 0. The lowest BCUT2D eigenvalue weighted by atomic mass is 9.89. The molecule has 1 heterocycles. The summed E-state index contributed by atoms with van der Waals surface area (Å²) in [5.74, 6) is -0.885. The van der Waals surface area contributed by atoms with Crippen molar-refractivity contribution in [1.29, 1.82) is 0 Å². The molecule has 0 aliphatic carbocycles. The van der Waals surface area contributed by atoms with Crippen molar-refractivity contribution in [2.24, 2.45) is 5.92 Å². The van der Waals surface area contributed by atoms with Crippen molar-refractivity contribution in [3.63, 3.8) is 0 Å². The molecule has 1 atom stereocenters. The normalized spacial score (nSPS) is 22.1. The molecule has 19 heavy (non-hydrogen) atoms. The van der Waals surface area contributed by atoms with Crippen LogP contribution >= 0.6 is 0 Å². The molecule has 0 radical (unpaired) electrons. The fourth-order valence-corrected chi connectivity index (χ4v) is 2.07. The van der Waals surface area contributed by atoms with Gasteiger partial charge in [0.05, 0.1) is 5.69 Å². The van der Waals surface area contributed by atoms with Gasteiger partial charge in [-0.2, -0.15) is 0 Å². The van der Waals surface area contributed by atoms with Crippen LogP contribution in [0.1, 0.15) is 20.8 Å². The molecule has 0 saturated heterocycles. The lowest BCUT2D eigenvalue weighted by molar-refractivity contribution is -0.142. The second kappa shape index (κ2) is 4.57. The molecule has 1 amide bonds. The van der Waals surface area contributed by atoms with Gasteiger partial charge in [0, 0.05) is 5.92 Å². The Kier molecular flexibility index (Phi) is 3.22. The molecule has 0 fully saturated rings. The standard InChI is InChI=1S/C14H17NO4/c1-9(2)14(3)13(18)15(8-12(16)17)10-6-4-5-7-11(10)19-14/h4-7,9H,8H2,1-3H3,(H,16,17). The number of carboxylic acids is 1. The highest BCUT2D eigenvalue weighted by Crippen LogP contribution is 2.40. The second-order valence-corrected chi connectivity index (χ2v) is 5.12. The summed E-state index contributed by atoms with van der Waals surface area (Å²) < 4.78 is 5.82. The first-order valence-electron chi connectivity index (χ1n) is 6.18. The average Bonchev–Trinajstić information content (AvgIpc) is 2.34. The average molecular weight is 263 g/mol. The van der Waals surface area contributed by atoms with Crippen LogP contribution in [0.2, 0.25) is 0 Å². The summed E-state index contributed by atoms with van der Waals surface area (Å²) in [6.07, 6.45) is 0. The SMILES string of the molecule is CC(C)C1(C)Oc2ccccc2N(CC(=O)O)C1=O. The zero-order chi connectivity index (χ0) is 14.2. The van der Waals surface area contributed by atoms with Gasteiger partial charge in [-0.25, -0.2) is 0 Å². The molecule has 1 aliphatic rings.